The Morgan fingerprint density at radius 1 is 0.879 bits per heavy atom. The summed E-state index contributed by atoms with van der Waals surface area (Å²) in [6, 6.07) is 17.0. The van der Waals surface area contributed by atoms with Crippen LogP contribution in [0.3, 0.4) is 0 Å². The van der Waals surface area contributed by atoms with Gasteiger partial charge >= 0.3 is 0 Å². The summed E-state index contributed by atoms with van der Waals surface area (Å²) in [7, 11) is 1.70. The van der Waals surface area contributed by atoms with Crippen LogP contribution in [0.5, 0.6) is 5.75 Å². The van der Waals surface area contributed by atoms with Crippen LogP contribution in [0.25, 0.3) is 0 Å². The molecule has 0 aromatic heterocycles. The summed E-state index contributed by atoms with van der Waals surface area (Å²) in [5.74, 6) is 2.08. The van der Waals surface area contributed by atoms with Gasteiger partial charge in [-0.05, 0) is 86.6 Å². The van der Waals surface area contributed by atoms with Gasteiger partial charge < -0.3 is 10.1 Å². The van der Waals surface area contributed by atoms with E-state index in [1.807, 2.05) is 12.1 Å². The number of nitrogens with zero attached hydrogens (tertiary/aromatic N) is 2. The van der Waals surface area contributed by atoms with Crippen LogP contribution in [0.15, 0.2) is 48.5 Å². The molecule has 2 saturated heterocycles. The van der Waals surface area contributed by atoms with Gasteiger partial charge in [-0.2, -0.15) is 0 Å². The highest BCUT2D eigenvalue weighted by molar-refractivity contribution is 5.78. The van der Waals surface area contributed by atoms with E-state index in [1.54, 1.807) is 7.11 Å². The number of carbonyl (C=O) groups is 1. The van der Waals surface area contributed by atoms with E-state index in [1.165, 1.54) is 42.6 Å². The number of piperidine rings is 2. The molecule has 0 unspecified atom stereocenters. The highest BCUT2D eigenvalue weighted by Crippen LogP contribution is 2.21. The van der Waals surface area contributed by atoms with E-state index in [-0.39, 0.29) is 11.8 Å². The fourth-order valence-corrected chi connectivity index (χ4v) is 4.96. The lowest BCUT2D eigenvalue weighted by Crippen LogP contribution is -2.40. The predicted molar refractivity (Wildman–Crippen MR) is 133 cm³/mol. The molecule has 0 bridgehead atoms. The first-order valence-electron chi connectivity index (χ1n) is 12.5. The molecule has 1 N–H and O–H groups in total. The Balaban J connectivity index is 1.17. The Labute approximate surface area is 199 Å². The summed E-state index contributed by atoms with van der Waals surface area (Å²) in [4.78, 5) is 17.7. The van der Waals surface area contributed by atoms with E-state index in [2.05, 4.69) is 58.4 Å². The number of likely N-dealkylation sites (tertiary alicyclic amines) is 2. The Bertz CT molecular complexity index is 882. The van der Waals surface area contributed by atoms with Gasteiger partial charge in [0, 0.05) is 25.6 Å². The van der Waals surface area contributed by atoms with Crippen molar-refractivity contribution in [1.29, 1.82) is 0 Å². The molecule has 178 valence electrons. The molecule has 4 rings (SSSR count). The van der Waals surface area contributed by atoms with Crippen LogP contribution >= 0.6 is 0 Å². The van der Waals surface area contributed by atoms with Crippen molar-refractivity contribution in [3.63, 3.8) is 0 Å². The third kappa shape index (κ3) is 7.05. The van der Waals surface area contributed by atoms with Crippen LogP contribution in [0, 0.1) is 11.8 Å². The van der Waals surface area contributed by atoms with E-state index >= 15 is 0 Å². The molecule has 2 aromatic rings. The molecule has 5 heteroatoms. The van der Waals surface area contributed by atoms with Gasteiger partial charge in [0.15, 0.2) is 0 Å². The van der Waals surface area contributed by atoms with Gasteiger partial charge in [-0.15, -0.1) is 0 Å². The lowest BCUT2D eigenvalue weighted by molar-refractivity contribution is -0.126. The quantitative estimate of drug-likeness (QED) is 0.647. The third-order valence-electron chi connectivity index (χ3n) is 7.27. The molecule has 33 heavy (non-hydrogen) atoms. The predicted octanol–water partition coefficient (Wildman–Crippen LogP) is 4.46. The molecule has 2 fully saturated rings. The van der Waals surface area contributed by atoms with Crippen molar-refractivity contribution in [2.75, 3.05) is 33.3 Å². The maximum Gasteiger partial charge on any atom is 0.223 e. The summed E-state index contributed by atoms with van der Waals surface area (Å²) in [5, 5.41) is 3.17. The Kier molecular flexibility index (Phi) is 8.40. The summed E-state index contributed by atoms with van der Waals surface area (Å²) < 4.78 is 5.33. The number of nitrogens with one attached hydrogen (secondary N) is 1. The summed E-state index contributed by atoms with van der Waals surface area (Å²) in [6.07, 6.45) is 4.46. The molecule has 0 atom stereocenters. The minimum atomic E-state index is 0.118. The fraction of sp³-hybridized carbons (Fsp3) is 0.536. The average Bonchev–Trinajstić information content (AvgIpc) is 2.85. The van der Waals surface area contributed by atoms with Crippen molar-refractivity contribution in [2.24, 2.45) is 11.8 Å². The van der Waals surface area contributed by atoms with Crippen molar-refractivity contribution in [2.45, 2.75) is 52.2 Å². The Morgan fingerprint density at radius 3 is 2.15 bits per heavy atom. The number of hydrogen-bond donors (Lipinski definition) is 1. The molecule has 0 spiro atoms. The molecule has 0 saturated carbocycles. The zero-order valence-corrected chi connectivity index (χ0v) is 20.3. The molecular formula is C28H39N3O2. The van der Waals surface area contributed by atoms with Crippen molar-refractivity contribution in [3.05, 3.63) is 65.2 Å². The van der Waals surface area contributed by atoms with Crippen molar-refractivity contribution >= 4 is 5.91 Å². The van der Waals surface area contributed by atoms with E-state index in [4.69, 9.17) is 4.74 Å². The van der Waals surface area contributed by atoms with Gasteiger partial charge in [0.25, 0.3) is 0 Å². The summed E-state index contributed by atoms with van der Waals surface area (Å²) in [6.45, 7) is 9.24. The fourth-order valence-electron chi connectivity index (χ4n) is 4.96. The highest BCUT2D eigenvalue weighted by atomic mass is 16.5. The standard InChI is InChI=1S/C28H39N3O2/c1-22-10-14-30(15-11-22)20-24-8-6-23(7-9-24)19-29-28(32)26-12-16-31(17-13-26)21-25-4-3-5-27(18-25)33-2/h3-9,18,22,26H,10-17,19-21H2,1-2H3,(H,29,32). The van der Waals surface area contributed by atoms with Crippen LogP contribution in [0.1, 0.15) is 49.3 Å². The summed E-state index contributed by atoms with van der Waals surface area (Å²) >= 11 is 0. The molecule has 2 aromatic carbocycles. The number of methoxy groups -OCH3 is 1. The SMILES string of the molecule is COc1cccc(CN2CCC(C(=O)NCc3ccc(CN4CCC(C)CC4)cc3)CC2)c1. The normalized spacial score (nSPS) is 18.8. The topological polar surface area (TPSA) is 44.8 Å². The molecule has 2 heterocycles. The number of benzene rings is 2. The molecular weight excluding hydrogens is 410 g/mol. The van der Waals surface area contributed by atoms with Crippen molar-refractivity contribution < 1.29 is 9.53 Å². The first kappa shape index (κ1) is 23.8. The van der Waals surface area contributed by atoms with Gasteiger partial charge in [0.1, 0.15) is 5.75 Å². The van der Waals surface area contributed by atoms with Crippen LogP contribution in [0.2, 0.25) is 0 Å². The van der Waals surface area contributed by atoms with Crippen molar-refractivity contribution in [3.8, 4) is 5.75 Å². The van der Waals surface area contributed by atoms with Crippen molar-refractivity contribution in [1.82, 2.24) is 15.1 Å². The number of hydrogen-bond acceptors (Lipinski definition) is 4. The highest BCUT2D eigenvalue weighted by Gasteiger charge is 2.25. The maximum atomic E-state index is 12.7. The van der Waals surface area contributed by atoms with Gasteiger partial charge in [-0.25, -0.2) is 0 Å². The smallest absolute Gasteiger partial charge is 0.223 e. The van der Waals surface area contributed by atoms with Gasteiger partial charge in [0.2, 0.25) is 5.91 Å². The van der Waals surface area contributed by atoms with Crippen LogP contribution in [-0.4, -0.2) is 49.0 Å². The maximum absolute atomic E-state index is 12.7. The van der Waals surface area contributed by atoms with E-state index in [0.29, 0.717) is 6.54 Å². The van der Waals surface area contributed by atoms with Gasteiger partial charge in [0.05, 0.1) is 7.11 Å². The molecule has 0 aliphatic carbocycles. The zero-order valence-electron chi connectivity index (χ0n) is 20.3. The minimum Gasteiger partial charge on any atom is -0.497 e. The average molecular weight is 450 g/mol. The molecule has 0 radical (unpaired) electrons. The summed E-state index contributed by atoms with van der Waals surface area (Å²) in [5.41, 5.74) is 3.80. The monoisotopic (exact) mass is 449 g/mol. The van der Waals surface area contributed by atoms with Crippen LogP contribution < -0.4 is 10.1 Å². The second kappa shape index (κ2) is 11.7. The van der Waals surface area contributed by atoms with E-state index in [9.17, 15) is 4.79 Å². The third-order valence-corrected chi connectivity index (χ3v) is 7.27. The lowest BCUT2D eigenvalue weighted by Gasteiger charge is -2.31. The van der Waals surface area contributed by atoms with Gasteiger partial charge in [-0.1, -0.05) is 43.3 Å². The molecule has 1 amide bonds. The first-order chi connectivity index (χ1) is 16.1. The van der Waals surface area contributed by atoms with Gasteiger partial charge in [-0.3, -0.25) is 14.6 Å². The van der Waals surface area contributed by atoms with E-state index in [0.717, 1.165) is 50.7 Å². The second-order valence-electron chi connectivity index (χ2n) is 9.89. The Hall–Kier alpha value is -2.37. The van der Waals surface area contributed by atoms with E-state index < -0.39 is 0 Å². The molecule has 5 nitrogen and oxygen atoms in total. The van der Waals surface area contributed by atoms with Crippen LogP contribution in [0.4, 0.5) is 0 Å². The zero-order chi connectivity index (χ0) is 23.0. The number of carbonyl (C=O) groups excluding carboxylic acids is 1. The number of ether oxygens (including phenoxy) is 1. The number of rotatable bonds is 8. The lowest BCUT2D eigenvalue weighted by atomic mass is 9.95. The molecule has 2 aliphatic rings. The second-order valence-corrected chi connectivity index (χ2v) is 9.89. The largest absolute Gasteiger partial charge is 0.497 e. The van der Waals surface area contributed by atoms with Crippen LogP contribution in [-0.2, 0) is 24.4 Å². The number of amides is 1. The molecule has 2 aliphatic heterocycles. The minimum absolute atomic E-state index is 0.118. The first-order valence-corrected chi connectivity index (χ1v) is 12.5. The Morgan fingerprint density at radius 2 is 1.48 bits per heavy atom.